The van der Waals surface area contributed by atoms with Gasteiger partial charge in [-0.3, -0.25) is 0 Å². The van der Waals surface area contributed by atoms with Crippen LogP contribution in [0.2, 0.25) is 0 Å². The highest BCUT2D eigenvalue weighted by Gasteiger charge is 2.12. The molecule has 1 unspecified atom stereocenters. The van der Waals surface area contributed by atoms with Gasteiger partial charge >= 0.3 is 0 Å². The van der Waals surface area contributed by atoms with Crippen LogP contribution in [0.5, 0.6) is 0 Å². The third-order valence-corrected chi connectivity index (χ3v) is 3.14. The molecule has 96 valence electrons. The van der Waals surface area contributed by atoms with E-state index in [4.69, 9.17) is 0 Å². The third kappa shape index (κ3) is 2.27. The number of hydrogen-bond acceptors (Lipinski definition) is 4. The van der Waals surface area contributed by atoms with Crippen molar-refractivity contribution in [1.29, 1.82) is 0 Å². The second-order valence-electron chi connectivity index (χ2n) is 4.34. The Labute approximate surface area is 111 Å². The van der Waals surface area contributed by atoms with Crippen molar-refractivity contribution >= 4 is 17.0 Å². The fourth-order valence-electron chi connectivity index (χ4n) is 2.15. The van der Waals surface area contributed by atoms with Crippen molar-refractivity contribution in [3.05, 3.63) is 48.5 Å². The molecular weight excluding hydrogens is 238 g/mol. The lowest BCUT2D eigenvalue weighted by atomic mass is 10.0. The van der Waals surface area contributed by atoms with Crippen molar-refractivity contribution in [3.8, 4) is 0 Å². The Balaban J connectivity index is 1.93. The van der Waals surface area contributed by atoms with Gasteiger partial charge in [-0.15, -0.1) is 0 Å². The molecule has 0 aliphatic rings. The number of fused-ring (bicyclic) bond motifs is 1. The molecule has 0 aliphatic carbocycles. The molecule has 1 aromatic carbocycles. The summed E-state index contributed by atoms with van der Waals surface area (Å²) in [7, 11) is 0. The van der Waals surface area contributed by atoms with E-state index in [1.807, 2.05) is 18.2 Å². The first-order valence-corrected chi connectivity index (χ1v) is 6.34. The molecule has 0 amide bonds. The minimum absolute atomic E-state index is 0.225. The Morgan fingerprint density at radius 1 is 1.16 bits per heavy atom. The van der Waals surface area contributed by atoms with Crippen molar-refractivity contribution in [2.24, 2.45) is 0 Å². The third-order valence-electron chi connectivity index (χ3n) is 3.14. The molecule has 0 fully saturated rings. The zero-order valence-corrected chi connectivity index (χ0v) is 10.7. The van der Waals surface area contributed by atoms with Gasteiger partial charge in [0, 0.05) is 0 Å². The molecule has 3 rings (SSSR count). The molecule has 0 spiro atoms. The molecule has 1 atom stereocenters. The Bertz CT molecular complexity index is 662. The number of benzene rings is 1. The SMILES string of the molecule is CCC(Nc1ncnc2nc[nH]c12)c1ccccc1. The molecule has 5 nitrogen and oxygen atoms in total. The molecule has 0 aliphatic heterocycles. The van der Waals surface area contributed by atoms with E-state index in [9.17, 15) is 0 Å². The number of aromatic amines is 1. The Morgan fingerprint density at radius 2 is 2.00 bits per heavy atom. The molecule has 2 aromatic heterocycles. The van der Waals surface area contributed by atoms with E-state index in [1.165, 1.54) is 11.9 Å². The summed E-state index contributed by atoms with van der Waals surface area (Å²) < 4.78 is 0. The van der Waals surface area contributed by atoms with Crippen LogP contribution in [0.25, 0.3) is 11.2 Å². The second kappa shape index (κ2) is 5.06. The van der Waals surface area contributed by atoms with Gasteiger partial charge in [0.1, 0.15) is 11.8 Å². The monoisotopic (exact) mass is 253 g/mol. The highest BCUT2D eigenvalue weighted by molar-refractivity contribution is 5.82. The number of rotatable bonds is 4. The van der Waals surface area contributed by atoms with E-state index in [1.54, 1.807) is 6.33 Å². The molecule has 0 bridgehead atoms. The summed E-state index contributed by atoms with van der Waals surface area (Å²) in [6.07, 6.45) is 4.14. The van der Waals surface area contributed by atoms with Gasteiger partial charge in [0.25, 0.3) is 0 Å². The molecule has 2 heterocycles. The number of imidazole rings is 1. The summed E-state index contributed by atoms with van der Waals surface area (Å²) in [6.45, 7) is 2.15. The molecule has 19 heavy (non-hydrogen) atoms. The second-order valence-corrected chi connectivity index (χ2v) is 4.34. The van der Waals surface area contributed by atoms with Crippen LogP contribution in [0, 0.1) is 0 Å². The lowest BCUT2D eigenvalue weighted by Gasteiger charge is -2.18. The van der Waals surface area contributed by atoms with Crippen molar-refractivity contribution in [2.75, 3.05) is 5.32 Å². The van der Waals surface area contributed by atoms with Crippen LogP contribution in [0.3, 0.4) is 0 Å². The lowest BCUT2D eigenvalue weighted by Crippen LogP contribution is -2.11. The predicted molar refractivity (Wildman–Crippen MR) is 74.8 cm³/mol. The maximum absolute atomic E-state index is 4.30. The minimum Gasteiger partial charge on any atom is -0.361 e. The average molecular weight is 253 g/mol. The van der Waals surface area contributed by atoms with Gasteiger partial charge < -0.3 is 10.3 Å². The molecule has 0 radical (unpaired) electrons. The molecule has 0 saturated carbocycles. The number of nitrogens with zero attached hydrogens (tertiary/aromatic N) is 3. The van der Waals surface area contributed by atoms with E-state index in [2.05, 4.69) is 44.3 Å². The van der Waals surface area contributed by atoms with Crippen LogP contribution in [-0.4, -0.2) is 19.9 Å². The summed E-state index contributed by atoms with van der Waals surface area (Å²) in [6, 6.07) is 10.6. The number of aromatic nitrogens is 4. The zero-order valence-electron chi connectivity index (χ0n) is 10.7. The van der Waals surface area contributed by atoms with Crippen LogP contribution in [0.15, 0.2) is 43.0 Å². The van der Waals surface area contributed by atoms with E-state index in [0.717, 1.165) is 17.8 Å². The molecule has 3 aromatic rings. The van der Waals surface area contributed by atoms with Crippen LogP contribution in [-0.2, 0) is 0 Å². The minimum atomic E-state index is 0.225. The Hall–Kier alpha value is -2.43. The maximum atomic E-state index is 4.30. The first-order chi connectivity index (χ1) is 9.38. The Morgan fingerprint density at radius 3 is 2.79 bits per heavy atom. The smallest absolute Gasteiger partial charge is 0.182 e. The number of H-pyrrole nitrogens is 1. The fourth-order valence-corrected chi connectivity index (χ4v) is 2.15. The zero-order chi connectivity index (χ0) is 13.1. The highest BCUT2D eigenvalue weighted by Crippen LogP contribution is 2.24. The summed E-state index contributed by atoms with van der Waals surface area (Å²) in [4.78, 5) is 15.6. The Kier molecular flexibility index (Phi) is 3.10. The molecular formula is C14H15N5. The van der Waals surface area contributed by atoms with Crippen molar-refractivity contribution < 1.29 is 0 Å². The van der Waals surface area contributed by atoms with Gasteiger partial charge in [-0.25, -0.2) is 15.0 Å². The fraction of sp³-hybridized carbons (Fsp3) is 0.214. The van der Waals surface area contributed by atoms with Gasteiger partial charge in [-0.05, 0) is 12.0 Å². The van der Waals surface area contributed by atoms with E-state index < -0.39 is 0 Å². The average Bonchev–Trinajstić information content (AvgIpc) is 2.95. The molecule has 0 saturated heterocycles. The van der Waals surface area contributed by atoms with Gasteiger partial charge in [-0.2, -0.15) is 0 Å². The molecule has 5 heteroatoms. The lowest BCUT2D eigenvalue weighted by molar-refractivity contribution is 0.745. The summed E-state index contributed by atoms with van der Waals surface area (Å²) in [5.41, 5.74) is 2.77. The normalized spacial score (nSPS) is 12.5. The van der Waals surface area contributed by atoms with Crippen molar-refractivity contribution in [2.45, 2.75) is 19.4 Å². The van der Waals surface area contributed by atoms with Crippen LogP contribution in [0.1, 0.15) is 24.9 Å². The first kappa shape index (κ1) is 11.6. The van der Waals surface area contributed by atoms with Crippen LogP contribution in [0.4, 0.5) is 5.82 Å². The summed E-state index contributed by atoms with van der Waals surface area (Å²) in [5, 5.41) is 3.45. The van der Waals surface area contributed by atoms with Crippen LogP contribution < -0.4 is 5.32 Å². The van der Waals surface area contributed by atoms with Gasteiger partial charge in [0.15, 0.2) is 11.5 Å². The van der Waals surface area contributed by atoms with E-state index in [-0.39, 0.29) is 6.04 Å². The standard InChI is InChI=1S/C14H15N5/c1-2-11(10-6-4-3-5-7-10)19-14-12-13(16-8-15-12)17-9-18-14/h3-9,11H,2H2,1H3,(H2,15,16,17,18,19). The number of nitrogens with one attached hydrogen (secondary N) is 2. The van der Waals surface area contributed by atoms with Gasteiger partial charge in [-0.1, -0.05) is 37.3 Å². The number of anilines is 1. The van der Waals surface area contributed by atoms with Crippen molar-refractivity contribution in [3.63, 3.8) is 0 Å². The van der Waals surface area contributed by atoms with E-state index >= 15 is 0 Å². The maximum Gasteiger partial charge on any atom is 0.182 e. The van der Waals surface area contributed by atoms with Crippen LogP contribution >= 0.6 is 0 Å². The number of hydrogen-bond donors (Lipinski definition) is 2. The van der Waals surface area contributed by atoms with E-state index in [0.29, 0.717) is 5.65 Å². The van der Waals surface area contributed by atoms with Crippen molar-refractivity contribution in [1.82, 2.24) is 19.9 Å². The predicted octanol–water partition coefficient (Wildman–Crippen LogP) is 2.92. The summed E-state index contributed by atoms with van der Waals surface area (Å²) in [5.74, 6) is 0.790. The first-order valence-electron chi connectivity index (χ1n) is 6.34. The quantitative estimate of drug-likeness (QED) is 0.750. The highest BCUT2D eigenvalue weighted by atomic mass is 15.1. The topological polar surface area (TPSA) is 66.5 Å². The molecule has 2 N–H and O–H groups in total. The van der Waals surface area contributed by atoms with Gasteiger partial charge in [0.2, 0.25) is 0 Å². The largest absolute Gasteiger partial charge is 0.361 e. The summed E-state index contributed by atoms with van der Waals surface area (Å²) >= 11 is 0. The van der Waals surface area contributed by atoms with Gasteiger partial charge in [0.05, 0.1) is 12.4 Å².